The zero-order valence-corrected chi connectivity index (χ0v) is 14.8. The number of amides is 2. The maximum atomic E-state index is 13.1. The number of carbonyl (C=O) groups excluding carboxylic acids is 2. The van der Waals surface area contributed by atoms with E-state index in [0.717, 1.165) is 4.57 Å². The molecule has 1 aliphatic rings. The van der Waals surface area contributed by atoms with Crippen LogP contribution in [0.25, 0.3) is 11.0 Å². The van der Waals surface area contributed by atoms with Gasteiger partial charge in [-0.2, -0.15) is 8.78 Å². The summed E-state index contributed by atoms with van der Waals surface area (Å²) in [7, 11) is 0. The molecule has 1 aliphatic heterocycles. The first-order valence-electron chi connectivity index (χ1n) is 8.34. The lowest BCUT2D eigenvalue weighted by molar-refractivity contribution is -0.135. The first-order valence-corrected chi connectivity index (χ1v) is 8.34. The van der Waals surface area contributed by atoms with Crippen LogP contribution in [0, 0.1) is 0 Å². The molecular weight excluding hydrogens is 332 g/mol. The molecule has 0 aliphatic carbocycles. The number of para-hydroxylation sites is 2. The van der Waals surface area contributed by atoms with Gasteiger partial charge in [0.15, 0.2) is 0 Å². The van der Waals surface area contributed by atoms with Crippen molar-refractivity contribution in [2.24, 2.45) is 0 Å². The number of carbonyl (C=O) groups is 2. The summed E-state index contributed by atoms with van der Waals surface area (Å²) in [5.41, 5.74) is -0.653. The molecule has 1 fully saturated rings. The third-order valence-corrected chi connectivity index (χ3v) is 3.53. The molecule has 1 N–H and O–H groups in total. The topological polar surface area (TPSA) is 73.1 Å². The van der Waals surface area contributed by atoms with Gasteiger partial charge in [0.1, 0.15) is 6.04 Å². The van der Waals surface area contributed by atoms with E-state index < -0.39 is 30.1 Å². The van der Waals surface area contributed by atoms with Crippen LogP contribution in [0.2, 0.25) is 0 Å². The number of imide groups is 1. The summed E-state index contributed by atoms with van der Waals surface area (Å²) in [6.45, 7) is 5.00. The average molecular weight is 355 g/mol. The van der Waals surface area contributed by atoms with Crippen molar-refractivity contribution in [2.45, 2.75) is 53.1 Å². The van der Waals surface area contributed by atoms with Gasteiger partial charge < -0.3 is 0 Å². The second-order valence-electron chi connectivity index (χ2n) is 4.76. The van der Waals surface area contributed by atoms with Gasteiger partial charge in [-0.3, -0.25) is 19.5 Å². The molecule has 2 amide bonds. The van der Waals surface area contributed by atoms with Gasteiger partial charge in [0.2, 0.25) is 11.8 Å². The molecule has 1 atom stereocenters. The Morgan fingerprint density at radius 3 is 2.12 bits per heavy atom. The molecule has 1 aromatic heterocycles. The zero-order valence-electron chi connectivity index (χ0n) is 14.8. The molecule has 3 rings (SSSR count). The number of aromatic nitrogens is 2. The van der Waals surface area contributed by atoms with Crippen molar-refractivity contribution in [3.63, 3.8) is 0 Å². The standard InChI is InChI=1S/C13H11F2N3O3.2C2H6/c14-12(15)18-8-4-2-1-3-7(8)17(13(18)21)9-5-6-10(19)16-11(9)20;2*1-2/h1-4,9,12H,5-6H2,(H,16,19,20);2*1-2H3. The van der Waals surface area contributed by atoms with Crippen LogP contribution in [0.1, 0.15) is 53.1 Å². The average Bonchev–Trinajstić information content (AvgIpc) is 2.91. The van der Waals surface area contributed by atoms with Crippen molar-refractivity contribution in [3.8, 4) is 0 Å². The number of benzene rings is 1. The molecule has 6 nitrogen and oxygen atoms in total. The van der Waals surface area contributed by atoms with Gasteiger partial charge in [-0.15, -0.1) is 0 Å². The fraction of sp³-hybridized carbons (Fsp3) is 0.471. The Bertz CT molecular complexity index is 796. The molecule has 0 saturated carbocycles. The molecule has 0 spiro atoms. The van der Waals surface area contributed by atoms with E-state index in [1.165, 1.54) is 18.2 Å². The predicted molar refractivity (Wildman–Crippen MR) is 91.6 cm³/mol. The molecule has 1 saturated heterocycles. The molecule has 2 aromatic rings. The highest BCUT2D eigenvalue weighted by Crippen LogP contribution is 2.25. The van der Waals surface area contributed by atoms with Crippen LogP contribution in [0.4, 0.5) is 8.78 Å². The number of nitrogens with one attached hydrogen (secondary N) is 1. The second kappa shape index (κ2) is 9.10. The molecule has 0 radical (unpaired) electrons. The normalized spacial score (nSPS) is 16.7. The minimum atomic E-state index is -3.00. The van der Waals surface area contributed by atoms with Gasteiger partial charge in [0.25, 0.3) is 0 Å². The van der Waals surface area contributed by atoms with Crippen molar-refractivity contribution in [3.05, 3.63) is 34.7 Å². The highest BCUT2D eigenvalue weighted by atomic mass is 19.3. The van der Waals surface area contributed by atoms with Crippen LogP contribution in [-0.4, -0.2) is 20.9 Å². The van der Waals surface area contributed by atoms with Gasteiger partial charge in [-0.25, -0.2) is 9.36 Å². The van der Waals surface area contributed by atoms with Crippen LogP contribution >= 0.6 is 0 Å². The lowest BCUT2D eigenvalue weighted by Gasteiger charge is -2.21. The lowest BCUT2D eigenvalue weighted by atomic mass is 10.1. The number of fused-ring (bicyclic) bond motifs is 1. The van der Waals surface area contributed by atoms with Crippen molar-refractivity contribution >= 4 is 22.8 Å². The Morgan fingerprint density at radius 2 is 1.60 bits per heavy atom. The molecule has 1 unspecified atom stereocenters. The maximum Gasteiger partial charge on any atom is 0.334 e. The van der Waals surface area contributed by atoms with Gasteiger partial charge in [-0.1, -0.05) is 39.8 Å². The summed E-state index contributed by atoms with van der Waals surface area (Å²) < 4.78 is 27.6. The van der Waals surface area contributed by atoms with Crippen molar-refractivity contribution in [2.75, 3.05) is 0 Å². The van der Waals surface area contributed by atoms with Crippen LogP contribution in [0.5, 0.6) is 0 Å². The molecule has 138 valence electrons. The monoisotopic (exact) mass is 355 g/mol. The summed E-state index contributed by atoms with van der Waals surface area (Å²) in [5, 5.41) is 2.12. The third-order valence-electron chi connectivity index (χ3n) is 3.53. The van der Waals surface area contributed by atoms with E-state index in [0.29, 0.717) is 4.57 Å². The summed E-state index contributed by atoms with van der Waals surface area (Å²) in [6.07, 6.45) is 0.179. The van der Waals surface area contributed by atoms with Gasteiger partial charge >= 0.3 is 12.2 Å². The van der Waals surface area contributed by atoms with E-state index in [2.05, 4.69) is 5.32 Å². The Balaban J connectivity index is 0.000000730. The van der Waals surface area contributed by atoms with Gasteiger partial charge in [0, 0.05) is 6.42 Å². The number of hydrogen-bond donors (Lipinski definition) is 1. The number of alkyl halides is 2. The molecule has 25 heavy (non-hydrogen) atoms. The number of piperidine rings is 1. The highest BCUT2D eigenvalue weighted by molar-refractivity contribution is 6.00. The van der Waals surface area contributed by atoms with Crippen molar-refractivity contribution < 1.29 is 18.4 Å². The van der Waals surface area contributed by atoms with E-state index >= 15 is 0 Å². The Hall–Kier alpha value is -2.51. The second-order valence-corrected chi connectivity index (χ2v) is 4.76. The largest absolute Gasteiger partial charge is 0.334 e. The first-order chi connectivity index (χ1) is 12.0. The maximum absolute atomic E-state index is 13.1. The predicted octanol–water partition coefficient (Wildman–Crippen LogP) is 3.23. The van der Waals surface area contributed by atoms with E-state index in [1.54, 1.807) is 6.07 Å². The van der Waals surface area contributed by atoms with Gasteiger partial charge in [-0.05, 0) is 18.6 Å². The first kappa shape index (κ1) is 20.5. The van der Waals surface area contributed by atoms with Crippen molar-refractivity contribution in [1.29, 1.82) is 0 Å². The van der Waals surface area contributed by atoms with Crippen LogP contribution in [0.15, 0.2) is 29.1 Å². The minimum absolute atomic E-state index is 0.0576. The minimum Gasteiger partial charge on any atom is -0.295 e. The number of hydrogen-bond acceptors (Lipinski definition) is 3. The van der Waals surface area contributed by atoms with Crippen LogP contribution < -0.4 is 11.0 Å². The number of nitrogens with zero attached hydrogens (tertiary/aromatic N) is 2. The molecule has 2 heterocycles. The summed E-state index contributed by atoms with van der Waals surface area (Å²) in [5.74, 6) is -1.08. The highest BCUT2D eigenvalue weighted by Gasteiger charge is 2.32. The molecule has 1 aromatic carbocycles. The smallest absolute Gasteiger partial charge is 0.295 e. The molecule has 8 heteroatoms. The Morgan fingerprint density at radius 1 is 1.04 bits per heavy atom. The van der Waals surface area contributed by atoms with E-state index in [4.69, 9.17) is 0 Å². The van der Waals surface area contributed by atoms with Crippen LogP contribution in [0.3, 0.4) is 0 Å². The van der Waals surface area contributed by atoms with E-state index in [-0.39, 0.29) is 23.9 Å². The molecule has 0 bridgehead atoms. The Labute approximate surface area is 144 Å². The fourth-order valence-electron chi connectivity index (χ4n) is 2.61. The van der Waals surface area contributed by atoms with Crippen LogP contribution in [-0.2, 0) is 9.59 Å². The summed E-state index contributed by atoms with van der Waals surface area (Å²) in [6, 6.07) is 5.07. The summed E-state index contributed by atoms with van der Waals surface area (Å²) >= 11 is 0. The fourth-order valence-corrected chi connectivity index (χ4v) is 2.61. The van der Waals surface area contributed by atoms with Crippen molar-refractivity contribution in [1.82, 2.24) is 14.5 Å². The SMILES string of the molecule is CC.CC.O=C1CCC(n2c(=O)n(C(F)F)c3ccccc32)C(=O)N1. The Kier molecular flexibility index (Phi) is 7.47. The van der Waals surface area contributed by atoms with E-state index in [9.17, 15) is 23.2 Å². The van der Waals surface area contributed by atoms with Gasteiger partial charge in [0.05, 0.1) is 11.0 Å². The number of rotatable bonds is 2. The number of halogens is 2. The molecular formula is C17H23F2N3O3. The van der Waals surface area contributed by atoms with E-state index in [1.807, 2.05) is 27.7 Å². The number of imidazole rings is 1. The summed E-state index contributed by atoms with van der Waals surface area (Å²) in [4.78, 5) is 35.3. The lowest BCUT2D eigenvalue weighted by Crippen LogP contribution is -2.44. The third kappa shape index (κ3) is 3.94. The quantitative estimate of drug-likeness (QED) is 0.841. The zero-order chi connectivity index (χ0) is 19.1.